The van der Waals surface area contributed by atoms with Crippen LogP contribution in [0.2, 0.25) is 0 Å². The zero-order valence-electron chi connectivity index (χ0n) is 14.0. The normalized spacial score (nSPS) is 12.2. The van der Waals surface area contributed by atoms with Gasteiger partial charge < -0.3 is 5.32 Å². The first-order valence-corrected chi connectivity index (χ1v) is 7.82. The molecule has 1 N–H and O–H groups in total. The molecule has 1 heterocycles. The lowest BCUT2D eigenvalue weighted by molar-refractivity contribution is -0.384. The maximum Gasteiger partial charge on any atom is 0.295 e. The standard InChI is InChI=1S/C16H21N5O3/c1-11(2)4-5-12(3)19-16(22)13-6-7-14(15(8-13)21(23)24)20-10-17-9-18-20/h6-12H,4-5H2,1-3H3,(H,19,22). The van der Waals surface area contributed by atoms with Crippen molar-refractivity contribution in [1.29, 1.82) is 0 Å². The number of aromatic nitrogens is 3. The second-order valence-electron chi connectivity index (χ2n) is 6.15. The second-order valence-corrected chi connectivity index (χ2v) is 6.15. The van der Waals surface area contributed by atoms with Crippen LogP contribution in [0, 0.1) is 16.0 Å². The van der Waals surface area contributed by atoms with Gasteiger partial charge in [0, 0.05) is 17.7 Å². The highest BCUT2D eigenvalue weighted by Gasteiger charge is 2.20. The molecule has 1 aromatic carbocycles. The number of nitrogens with one attached hydrogen (secondary N) is 1. The van der Waals surface area contributed by atoms with Crippen LogP contribution in [0.5, 0.6) is 0 Å². The summed E-state index contributed by atoms with van der Waals surface area (Å²) in [4.78, 5) is 26.9. The summed E-state index contributed by atoms with van der Waals surface area (Å²) in [5.41, 5.74) is 0.326. The van der Waals surface area contributed by atoms with Crippen molar-refractivity contribution in [2.24, 2.45) is 5.92 Å². The van der Waals surface area contributed by atoms with E-state index >= 15 is 0 Å². The molecule has 128 valence electrons. The van der Waals surface area contributed by atoms with Gasteiger partial charge in [0.2, 0.25) is 0 Å². The minimum absolute atomic E-state index is 0.00829. The number of benzene rings is 1. The summed E-state index contributed by atoms with van der Waals surface area (Å²) in [5, 5.41) is 18.1. The Morgan fingerprint density at radius 2 is 2.08 bits per heavy atom. The Balaban J connectivity index is 2.18. The minimum Gasteiger partial charge on any atom is -0.350 e. The fourth-order valence-electron chi connectivity index (χ4n) is 2.30. The number of hydrogen-bond donors (Lipinski definition) is 1. The van der Waals surface area contributed by atoms with E-state index in [-0.39, 0.29) is 28.9 Å². The number of carbonyl (C=O) groups excluding carboxylic acids is 1. The molecule has 24 heavy (non-hydrogen) atoms. The molecule has 0 fully saturated rings. The molecule has 0 radical (unpaired) electrons. The quantitative estimate of drug-likeness (QED) is 0.620. The second kappa shape index (κ2) is 7.67. The summed E-state index contributed by atoms with van der Waals surface area (Å²) in [6, 6.07) is 4.32. The van der Waals surface area contributed by atoms with Crippen molar-refractivity contribution in [1.82, 2.24) is 20.1 Å². The van der Waals surface area contributed by atoms with E-state index < -0.39 is 4.92 Å². The lowest BCUT2D eigenvalue weighted by Crippen LogP contribution is -2.32. The summed E-state index contributed by atoms with van der Waals surface area (Å²) >= 11 is 0. The van der Waals surface area contributed by atoms with Crippen LogP contribution < -0.4 is 5.32 Å². The highest BCUT2D eigenvalue weighted by atomic mass is 16.6. The first-order valence-electron chi connectivity index (χ1n) is 7.82. The van der Waals surface area contributed by atoms with Gasteiger partial charge in [-0.1, -0.05) is 13.8 Å². The van der Waals surface area contributed by atoms with Gasteiger partial charge in [0.05, 0.1) is 4.92 Å². The van der Waals surface area contributed by atoms with Crippen molar-refractivity contribution in [2.75, 3.05) is 0 Å². The summed E-state index contributed by atoms with van der Waals surface area (Å²) in [6.07, 6.45) is 4.53. The van der Waals surface area contributed by atoms with Gasteiger partial charge in [-0.2, -0.15) is 5.10 Å². The van der Waals surface area contributed by atoms with Crippen molar-refractivity contribution in [3.05, 3.63) is 46.5 Å². The van der Waals surface area contributed by atoms with Crippen molar-refractivity contribution < 1.29 is 9.72 Å². The molecule has 8 nitrogen and oxygen atoms in total. The van der Waals surface area contributed by atoms with Crippen LogP contribution >= 0.6 is 0 Å². The van der Waals surface area contributed by atoms with Crippen molar-refractivity contribution in [3.63, 3.8) is 0 Å². The molecule has 0 bridgehead atoms. The van der Waals surface area contributed by atoms with Gasteiger partial charge >= 0.3 is 0 Å². The molecule has 0 aliphatic heterocycles. The van der Waals surface area contributed by atoms with Gasteiger partial charge in [0.25, 0.3) is 11.6 Å². The Morgan fingerprint density at radius 3 is 2.67 bits per heavy atom. The number of rotatable bonds is 7. The molecular weight excluding hydrogens is 310 g/mol. The zero-order chi connectivity index (χ0) is 17.7. The molecular formula is C16H21N5O3. The highest BCUT2D eigenvalue weighted by Crippen LogP contribution is 2.23. The number of carbonyl (C=O) groups is 1. The van der Waals surface area contributed by atoms with Gasteiger partial charge in [-0.05, 0) is 37.8 Å². The van der Waals surface area contributed by atoms with E-state index in [1.807, 2.05) is 6.92 Å². The van der Waals surface area contributed by atoms with Crippen LogP contribution in [0.25, 0.3) is 5.69 Å². The predicted octanol–water partition coefficient (Wildman–Crippen LogP) is 2.73. The minimum atomic E-state index is -0.532. The Hall–Kier alpha value is -2.77. The Labute approximate surface area is 140 Å². The van der Waals surface area contributed by atoms with Gasteiger partial charge in [0.15, 0.2) is 0 Å². The lowest BCUT2D eigenvalue weighted by atomic mass is 10.0. The van der Waals surface area contributed by atoms with Crippen LogP contribution in [0.4, 0.5) is 5.69 Å². The molecule has 2 aromatic rings. The Bertz CT molecular complexity index is 713. The van der Waals surface area contributed by atoms with Gasteiger partial charge in [-0.3, -0.25) is 14.9 Å². The van der Waals surface area contributed by atoms with Gasteiger partial charge in [-0.15, -0.1) is 0 Å². The van der Waals surface area contributed by atoms with Crippen molar-refractivity contribution in [3.8, 4) is 5.69 Å². The molecule has 2 rings (SSSR count). The third-order valence-electron chi connectivity index (χ3n) is 3.65. The third-order valence-corrected chi connectivity index (χ3v) is 3.65. The molecule has 0 aliphatic carbocycles. The smallest absolute Gasteiger partial charge is 0.295 e. The molecule has 0 saturated heterocycles. The van der Waals surface area contributed by atoms with E-state index in [0.717, 1.165) is 12.8 Å². The topological polar surface area (TPSA) is 103 Å². The van der Waals surface area contributed by atoms with E-state index in [2.05, 4.69) is 29.2 Å². The first kappa shape index (κ1) is 17.6. The highest BCUT2D eigenvalue weighted by molar-refractivity contribution is 5.95. The molecule has 0 aliphatic rings. The molecule has 1 atom stereocenters. The van der Waals surface area contributed by atoms with E-state index in [4.69, 9.17) is 0 Å². The average molecular weight is 331 g/mol. The van der Waals surface area contributed by atoms with Crippen LogP contribution in [0.3, 0.4) is 0 Å². The van der Waals surface area contributed by atoms with E-state index in [1.165, 1.54) is 29.5 Å². The number of nitro benzene ring substituents is 1. The maximum atomic E-state index is 12.3. The number of amides is 1. The molecule has 1 amide bonds. The Kier molecular flexibility index (Phi) is 5.62. The van der Waals surface area contributed by atoms with Crippen LogP contribution in [-0.2, 0) is 0 Å². The Morgan fingerprint density at radius 1 is 1.33 bits per heavy atom. The fraction of sp³-hybridized carbons (Fsp3) is 0.438. The van der Waals surface area contributed by atoms with E-state index in [9.17, 15) is 14.9 Å². The summed E-state index contributed by atoms with van der Waals surface area (Å²) in [6.45, 7) is 6.18. The van der Waals surface area contributed by atoms with E-state index in [1.54, 1.807) is 6.07 Å². The predicted molar refractivity (Wildman–Crippen MR) is 89.0 cm³/mol. The van der Waals surface area contributed by atoms with E-state index in [0.29, 0.717) is 5.92 Å². The summed E-state index contributed by atoms with van der Waals surface area (Å²) < 4.78 is 1.30. The number of nitro groups is 1. The lowest BCUT2D eigenvalue weighted by Gasteiger charge is -2.15. The summed E-state index contributed by atoms with van der Waals surface area (Å²) in [7, 11) is 0. The largest absolute Gasteiger partial charge is 0.350 e. The average Bonchev–Trinajstić information content (AvgIpc) is 3.06. The molecule has 1 unspecified atom stereocenters. The van der Waals surface area contributed by atoms with Crippen molar-refractivity contribution in [2.45, 2.75) is 39.7 Å². The third kappa shape index (κ3) is 4.37. The first-order chi connectivity index (χ1) is 11.4. The van der Waals surface area contributed by atoms with Crippen LogP contribution in [-0.4, -0.2) is 31.6 Å². The molecule has 0 saturated carbocycles. The van der Waals surface area contributed by atoms with Gasteiger partial charge in [0.1, 0.15) is 18.3 Å². The molecule has 1 aromatic heterocycles. The number of hydrogen-bond acceptors (Lipinski definition) is 5. The summed E-state index contributed by atoms with van der Waals surface area (Å²) in [5.74, 6) is 0.242. The number of nitrogens with zero attached hydrogens (tertiary/aromatic N) is 4. The van der Waals surface area contributed by atoms with Crippen molar-refractivity contribution >= 4 is 11.6 Å². The fourth-order valence-corrected chi connectivity index (χ4v) is 2.30. The zero-order valence-corrected chi connectivity index (χ0v) is 14.0. The van der Waals surface area contributed by atoms with Crippen LogP contribution in [0.1, 0.15) is 44.0 Å². The molecule has 8 heteroatoms. The van der Waals surface area contributed by atoms with Crippen LogP contribution in [0.15, 0.2) is 30.9 Å². The monoisotopic (exact) mass is 331 g/mol. The maximum absolute atomic E-state index is 12.3. The van der Waals surface area contributed by atoms with Gasteiger partial charge in [-0.25, -0.2) is 9.67 Å². The molecule has 0 spiro atoms. The SMILES string of the molecule is CC(C)CCC(C)NC(=O)c1ccc(-n2cncn2)c([N+](=O)[O-])c1.